The standard InChI is InChI=1S/C19H20F3NO2S/c20-19(21,22)15-5-4-8-17(13-15)25-18(26)9-10-23(14-18)11-12-24-16-6-2-1-3-7-16/h1-8,13,26H,9-12,14H2. The van der Waals surface area contributed by atoms with E-state index >= 15 is 0 Å². The van der Waals surface area contributed by atoms with Gasteiger partial charge in [0.25, 0.3) is 0 Å². The molecular weight excluding hydrogens is 363 g/mol. The first-order chi connectivity index (χ1) is 12.3. The zero-order valence-electron chi connectivity index (χ0n) is 14.1. The van der Waals surface area contributed by atoms with E-state index in [1.165, 1.54) is 12.1 Å². The van der Waals surface area contributed by atoms with Crippen LogP contribution < -0.4 is 9.47 Å². The van der Waals surface area contributed by atoms with E-state index in [0.717, 1.165) is 24.4 Å². The Morgan fingerprint density at radius 2 is 1.77 bits per heavy atom. The van der Waals surface area contributed by atoms with Crippen molar-refractivity contribution < 1.29 is 22.6 Å². The fourth-order valence-corrected chi connectivity index (χ4v) is 3.28. The second kappa shape index (κ2) is 7.80. The van der Waals surface area contributed by atoms with Crippen LogP contribution in [0.4, 0.5) is 13.2 Å². The summed E-state index contributed by atoms with van der Waals surface area (Å²) in [5, 5.41) is 0. The highest BCUT2D eigenvalue weighted by molar-refractivity contribution is 7.81. The highest BCUT2D eigenvalue weighted by Crippen LogP contribution is 2.35. The van der Waals surface area contributed by atoms with Crippen LogP contribution in [0.1, 0.15) is 12.0 Å². The molecule has 2 aromatic carbocycles. The van der Waals surface area contributed by atoms with E-state index in [1.807, 2.05) is 30.3 Å². The Bertz CT molecular complexity index is 726. The van der Waals surface area contributed by atoms with Crippen LogP contribution >= 0.6 is 12.6 Å². The Morgan fingerprint density at radius 3 is 2.50 bits per heavy atom. The molecule has 0 amide bonds. The molecule has 26 heavy (non-hydrogen) atoms. The van der Waals surface area contributed by atoms with Crippen molar-refractivity contribution in [3.63, 3.8) is 0 Å². The van der Waals surface area contributed by atoms with Crippen LogP contribution in [0.5, 0.6) is 11.5 Å². The maximum atomic E-state index is 12.8. The molecule has 2 aromatic rings. The van der Waals surface area contributed by atoms with Gasteiger partial charge in [-0.3, -0.25) is 4.90 Å². The first kappa shape index (κ1) is 18.9. The molecule has 0 N–H and O–H groups in total. The molecule has 0 bridgehead atoms. The Kier molecular flexibility index (Phi) is 5.67. The van der Waals surface area contributed by atoms with Crippen LogP contribution in [-0.4, -0.2) is 36.1 Å². The molecule has 1 heterocycles. The number of likely N-dealkylation sites (tertiary alicyclic amines) is 1. The van der Waals surface area contributed by atoms with E-state index in [-0.39, 0.29) is 5.75 Å². The van der Waals surface area contributed by atoms with Gasteiger partial charge in [0.15, 0.2) is 4.93 Å². The second-order valence-corrected chi connectivity index (χ2v) is 7.08. The minimum atomic E-state index is -4.39. The lowest BCUT2D eigenvalue weighted by Gasteiger charge is -2.26. The van der Waals surface area contributed by atoms with Gasteiger partial charge < -0.3 is 9.47 Å². The highest BCUT2D eigenvalue weighted by atomic mass is 32.1. The van der Waals surface area contributed by atoms with Crippen LogP contribution in [0.15, 0.2) is 54.6 Å². The van der Waals surface area contributed by atoms with Crippen LogP contribution in [0.25, 0.3) is 0 Å². The largest absolute Gasteiger partial charge is 0.492 e. The van der Waals surface area contributed by atoms with Crippen molar-refractivity contribution in [1.29, 1.82) is 0 Å². The number of benzene rings is 2. The third-order valence-electron chi connectivity index (χ3n) is 4.18. The zero-order valence-corrected chi connectivity index (χ0v) is 15.0. The number of rotatable bonds is 6. The van der Waals surface area contributed by atoms with Crippen LogP contribution in [0.3, 0.4) is 0 Å². The summed E-state index contributed by atoms with van der Waals surface area (Å²) in [6.45, 7) is 2.49. The minimum Gasteiger partial charge on any atom is -0.492 e. The molecule has 1 aliphatic rings. The summed E-state index contributed by atoms with van der Waals surface area (Å²) in [4.78, 5) is 1.32. The maximum Gasteiger partial charge on any atom is 0.416 e. The molecule has 0 saturated carbocycles. The van der Waals surface area contributed by atoms with Gasteiger partial charge in [0, 0.05) is 26.1 Å². The Balaban J connectivity index is 1.52. The summed E-state index contributed by atoms with van der Waals surface area (Å²) in [6, 6.07) is 14.4. The summed E-state index contributed by atoms with van der Waals surface area (Å²) in [5.74, 6) is 0.987. The fraction of sp³-hybridized carbons (Fsp3) is 0.368. The van der Waals surface area contributed by atoms with Crippen molar-refractivity contribution in [2.45, 2.75) is 17.5 Å². The summed E-state index contributed by atoms with van der Waals surface area (Å²) in [5.41, 5.74) is -0.724. The van der Waals surface area contributed by atoms with Gasteiger partial charge in [-0.15, -0.1) is 12.6 Å². The molecule has 3 nitrogen and oxygen atoms in total. The smallest absolute Gasteiger partial charge is 0.416 e. The molecule has 0 aromatic heterocycles. The number of alkyl halides is 3. The van der Waals surface area contributed by atoms with Gasteiger partial charge in [0.05, 0.1) is 5.56 Å². The van der Waals surface area contributed by atoms with Gasteiger partial charge in [-0.25, -0.2) is 0 Å². The number of nitrogens with zero attached hydrogens (tertiary/aromatic N) is 1. The van der Waals surface area contributed by atoms with E-state index < -0.39 is 16.7 Å². The Morgan fingerprint density at radius 1 is 1.04 bits per heavy atom. The third-order valence-corrected chi connectivity index (χ3v) is 4.63. The monoisotopic (exact) mass is 383 g/mol. The lowest BCUT2D eigenvalue weighted by molar-refractivity contribution is -0.137. The van der Waals surface area contributed by atoms with Crippen LogP contribution in [-0.2, 0) is 6.18 Å². The van der Waals surface area contributed by atoms with Crippen molar-refractivity contribution in [1.82, 2.24) is 4.90 Å². The number of hydrogen-bond acceptors (Lipinski definition) is 4. The summed E-state index contributed by atoms with van der Waals surface area (Å²) >= 11 is 4.56. The molecule has 1 unspecified atom stereocenters. The SMILES string of the molecule is FC(F)(F)c1cccc(OC2(S)CCN(CCOc3ccccc3)C2)c1. The van der Waals surface area contributed by atoms with Gasteiger partial charge in [-0.2, -0.15) is 13.2 Å². The van der Waals surface area contributed by atoms with Gasteiger partial charge in [0.2, 0.25) is 0 Å². The number of para-hydroxylation sites is 1. The lowest BCUT2D eigenvalue weighted by atomic mass is 10.2. The van der Waals surface area contributed by atoms with Gasteiger partial charge in [-0.05, 0) is 30.3 Å². The molecular formula is C19H20F3NO2S. The van der Waals surface area contributed by atoms with Gasteiger partial charge in [-0.1, -0.05) is 24.3 Å². The first-order valence-corrected chi connectivity index (χ1v) is 8.78. The maximum absolute atomic E-state index is 12.8. The molecule has 0 radical (unpaired) electrons. The average Bonchev–Trinajstić information content (AvgIpc) is 2.96. The van der Waals surface area contributed by atoms with Crippen molar-refractivity contribution in [3.05, 3.63) is 60.2 Å². The second-order valence-electron chi connectivity index (χ2n) is 6.26. The Labute approximate surface area is 156 Å². The lowest BCUT2D eigenvalue weighted by Crippen LogP contribution is -2.35. The van der Waals surface area contributed by atoms with Crippen LogP contribution in [0.2, 0.25) is 0 Å². The summed E-state index contributed by atoms with van der Waals surface area (Å²) in [6.07, 6.45) is -3.77. The first-order valence-electron chi connectivity index (χ1n) is 8.33. The molecule has 0 spiro atoms. The molecule has 3 rings (SSSR count). The van der Waals surface area contributed by atoms with E-state index in [1.54, 1.807) is 0 Å². The fourth-order valence-electron chi connectivity index (χ4n) is 2.88. The molecule has 1 fully saturated rings. The van der Waals surface area contributed by atoms with E-state index in [2.05, 4.69) is 17.5 Å². The topological polar surface area (TPSA) is 21.7 Å². The van der Waals surface area contributed by atoms with Crippen molar-refractivity contribution >= 4 is 12.6 Å². The number of ether oxygens (including phenoxy) is 2. The molecule has 140 valence electrons. The zero-order chi connectivity index (χ0) is 18.6. The van der Waals surface area contributed by atoms with E-state index in [9.17, 15) is 13.2 Å². The normalized spacial score (nSPS) is 20.9. The quantitative estimate of drug-likeness (QED) is 0.587. The predicted molar refractivity (Wildman–Crippen MR) is 96.8 cm³/mol. The van der Waals surface area contributed by atoms with Crippen molar-refractivity contribution in [3.8, 4) is 11.5 Å². The number of hydrogen-bond donors (Lipinski definition) is 1. The van der Waals surface area contributed by atoms with E-state index in [0.29, 0.717) is 26.1 Å². The molecule has 0 aliphatic carbocycles. The van der Waals surface area contributed by atoms with Gasteiger partial charge in [0.1, 0.15) is 18.1 Å². The predicted octanol–water partition coefficient (Wildman–Crippen LogP) is 4.50. The van der Waals surface area contributed by atoms with Crippen LogP contribution in [0, 0.1) is 0 Å². The van der Waals surface area contributed by atoms with E-state index in [4.69, 9.17) is 9.47 Å². The highest BCUT2D eigenvalue weighted by Gasteiger charge is 2.37. The minimum absolute atomic E-state index is 0.178. The summed E-state index contributed by atoms with van der Waals surface area (Å²) < 4.78 is 49.9. The molecule has 7 heteroatoms. The number of thiol groups is 1. The third kappa shape index (κ3) is 5.08. The Hall–Kier alpha value is -1.86. The number of halogens is 3. The van der Waals surface area contributed by atoms with Crippen molar-refractivity contribution in [2.75, 3.05) is 26.2 Å². The van der Waals surface area contributed by atoms with Gasteiger partial charge >= 0.3 is 6.18 Å². The summed E-state index contributed by atoms with van der Waals surface area (Å²) in [7, 11) is 0. The molecule has 1 aliphatic heterocycles. The molecule has 1 atom stereocenters. The molecule has 1 saturated heterocycles. The van der Waals surface area contributed by atoms with Crippen molar-refractivity contribution in [2.24, 2.45) is 0 Å². The average molecular weight is 383 g/mol.